The number of fused-ring (bicyclic) bond motifs is 1. The maximum atomic E-state index is 3.44. The van der Waals surface area contributed by atoms with E-state index in [1.54, 1.807) is 0 Å². The first-order valence-corrected chi connectivity index (χ1v) is 6.49. The van der Waals surface area contributed by atoms with Crippen LogP contribution >= 0.6 is 0 Å². The number of nitrogens with one attached hydrogen (secondary N) is 1. The molecular weight excluding hydrogens is 208 g/mol. The van der Waals surface area contributed by atoms with E-state index in [4.69, 9.17) is 0 Å². The maximum Gasteiger partial charge on any atom is 0.0507 e. The fourth-order valence-corrected chi connectivity index (χ4v) is 3.10. The molecule has 0 aliphatic carbocycles. The zero-order valence-corrected chi connectivity index (χ0v) is 10.7. The first kappa shape index (κ1) is 10.8. The highest BCUT2D eigenvalue weighted by molar-refractivity contribution is 5.84. The SMILES string of the molecule is Cc1cc(CC2CCNC2)cc2ccn(C)c12. The number of rotatable bonds is 2. The molecule has 0 spiro atoms. The molecule has 2 heterocycles. The van der Waals surface area contributed by atoms with E-state index in [1.165, 1.54) is 48.0 Å². The predicted octanol–water partition coefficient (Wildman–Crippen LogP) is 2.64. The first-order chi connectivity index (χ1) is 8.24. The molecule has 1 atom stereocenters. The highest BCUT2D eigenvalue weighted by atomic mass is 14.9. The summed E-state index contributed by atoms with van der Waals surface area (Å²) < 4.78 is 2.21. The third-order valence-corrected chi connectivity index (χ3v) is 3.91. The van der Waals surface area contributed by atoms with Crippen LogP contribution < -0.4 is 5.32 Å². The Bertz CT molecular complexity index is 533. The van der Waals surface area contributed by atoms with E-state index in [0.29, 0.717) is 0 Å². The minimum absolute atomic E-state index is 0.829. The fourth-order valence-electron chi connectivity index (χ4n) is 3.10. The van der Waals surface area contributed by atoms with Gasteiger partial charge in [-0.1, -0.05) is 6.07 Å². The van der Waals surface area contributed by atoms with E-state index >= 15 is 0 Å². The number of aryl methyl sites for hydroxylation is 2. The summed E-state index contributed by atoms with van der Waals surface area (Å²) in [6.45, 7) is 4.60. The lowest BCUT2D eigenvalue weighted by Crippen LogP contribution is -2.10. The van der Waals surface area contributed by atoms with Gasteiger partial charge >= 0.3 is 0 Å². The molecule has 1 unspecified atom stereocenters. The van der Waals surface area contributed by atoms with E-state index in [-0.39, 0.29) is 0 Å². The van der Waals surface area contributed by atoms with Crippen molar-refractivity contribution in [2.75, 3.05) is 13.1 Å². The predicted molar refractivity (Wildman–Crippen MR) is 72.3 cm³/mol. The van der Waals surface area contributed by atoms with Gasteiger partial charge in [0.05, 0.1) is 5.52 Å². The number of aromatic nitrogens is 1. The van der Waals surface area contributed by atoms with Crippen LogP contribution in [-0.2, 0) is 13.5 Å². The van der Waals surface area contributed by atoms with Crippen molar-refractivity contribution in [3.63, 3.8) is 0 Å². The van der Waals surface area contributed by atoms with Gasteiger partial charge in [0.2, 0.25) is 0 Å². The molecule has 90 valence electrons. The molecule has 1 N–H and O–H groups in total. The van der Waals surface area contributed by atoms with Crippen LogP contribution in [0.4, 0.5) is 0 Å². The van der Waals surface area contributed by atoms with Gasteiger partial charge in [-0.15, -0.1) is 0 Å². The third-order valence-electron chi connectivity index (χ3n) is 3.91. The Morgan fingerprint density at radius 3 is 3.06 bits per heavy atom. The van der Waals surface area contributed by atoms with E-state index in [9.17, 15) is 0 Å². The van der Waals surface area contributed by atoms with Crippen LogP contribution in [0, 0.1) is 12.8 Å². The average Bonchev–Trinajstić information content (AvgIpc) is 2.89. The quantitative estimate of drug-likeness (QED) is 0.836. The van der Waals surface area contributed by atoms with Crippen molar-refractivity contribution in [3.8, 4) is 0 Å². The van der Waals surface area contributed by atoms with Gasteiger partial charge in [0.15, 0.2) is 0 Å². The summed E-state index contributed by atoms with van der Waals surface area (Å²) in [6.07, 6.45) is 4.70. The Balaban J connectivity index is 1.94. The Morgan fingerprint density at radius 1 is 1.41 bits per heavy atom. The van der Waals surface area contributed by atoms with Gasteiger partial charge in [-0.25, -0.2) is 0 Å². The van der Waals surface area contributed by atoms with E-state index in [0.717, 1.165) is 5.92 Å². The van der Waals surface area contributed by atoms with Crippen molar-refractivity contribution in [2.24, 2.45) is 13.0 Å². The molecule has 0 amide bonds. The van der Waals surface area contributed by atoms with Crippen LogP contribution in [0.15, 0.2) is 24.4 Å². The van der Waals surface area contributed by atoms with E-state index in [1.807, 2.05) is 0 Å². The molecule has 1 aliphatic rings. The lowest BCUT2D eigenvalue weighted by Gasteiger charge is -2.10. The summed E-state index contributed by atoms with van der Waals surface area (Å²) in [6, 6.07) is 6.94. The molecule has 1 fully saturated rings. The van der Waals surface area contributed by atoms with Gasteiger partial charge in [0.25, 0.3) is 0 Å². The number of nitrogens with zero attached hydrogens (tertiary/aromatic N) is 1. The molecule has 1 aliphatic heterocycles. The highest BCUT2D eigenvalue weighted by Gasteiger charge is 2.15. The van der Waals surface area contributed by atoms with Crippen molar-refractivity contribution in [2.45, 2.75) is 19.8 Å². The van der Waals surface area contributed by atoms with Gasteiger partial charge in [-0.05, 0) is 62.0 Å². The lowest BCUT2D eigenvalue weighted by molar-refractivity contribution is 0.580. The Labute approximate surface area is 103 Å². The molecule has 2 nitrogen and oxygen atoms in total. The highest BCUT2D eigenvalue weighted by Crippen LogP contribution is 2.24. The minimum Gasteiger partial charge on any atom is -0.350 e. The topological polar surface area (TPSA) is 17.0 Å². The van der Waals surface area contributed by atoms with Gasteiger partial charge in [-0.2, -0.15) is 0 Å². The third kappa shape index (κ3) is 1.98. The second-order valence-corrected chi connectivity index (χ2v) is 5.34. The zero-order valence-electron chi connectivity index (χ0n) is 10.7. The van der Waals surface area contributed by atoms with Crippen LogP contribution in [0.2, 0.25) is 0 Å². The van der Waals surface area contributed by atoms with E-state index < -0.39 is 0 Å². The van der Waals surface area contributed by atoms with Crippen molar-refractivity contribution < 1.29 is 0 Å². The Kier molecular flexibility index (Phi) is 2.67. The second kappa shape index (κ2) is 4.19. The molecule has 1 aromatic carbocycles. The first-order valence-electron chi connectivity index (χ1n) is 6.49. The summed E-state index contributed by atoms with van der Waals surface area (Å²) in [5.74, 6) is 0.829. The number of benzene rings is 1. The summed E-state index contributed by atoms with van der Waals surface area (Å²) in [4.78, 5) is 0. The molecule has 17 heavy (non-hydrogen) atoms. The summed E-state index contributed by atoms with van der Waals surface area (Å²) in [5, 5.41) is 4.83. The molecular formula is C15H20N2. The average molecular weight is 228 g/mol. The van der Waals surface area contributed by atoms with Crippen LogP contribution in [0.3, 0.4) is 0 Å². The molecule has 0 radical (unpaired) electrons. The van der Waals surface area contributed by atoms with Crippen molar-refractivity contribution in [3.05, 3.63) is 35.5 Å². The lowest BCUT2D eigenvalue weighted by atomic mass is 9.96. The Hall–Kier alpha value is -1.28. The maximum absolute atomic E-state index is 3.44. The molecule has 0 saturated carbocycles. The van der Waals surface area contributed by atoms with Crippen molar-refractivity contribution in [1.29, 1.82) is 0 Å². The summed E-state index contributed by atoms with van der Waals surface area (Å²) in [5.41, 5.74) is 4.27. The number of hydrogen-bond donors (Lipinski definition) is 1. The summed E-state index contributed by atoms with van der Waals surface area (Å²) in [7, 11) is 2.12. The van der Waals surface area contributed by atoms with Gasteiger partial charge in [-0.3, -0.25) is 0 Å². The Morgan fingerprint density at radius 2 is 2.29 bits per heavy atom. The largest absolute Gasteiger partial charge is 0.350 e. The smallest absolute Gasteiger partial charge is 0.0507 e. The zero-order chi connectivity index (χ0) is 11.8. The second-order valence-electron chi connectivity index (χ2n) is 5.34. The van der Waals surface area contributed by atoms with Crippen molar-refractivity contribution in [1.82, 2.24) is 9.88 Å². The minimum atomic E-state index is 0.829. The molecule has 1 aromatic heterocycles. The fraction of sp³-hybridized carbons (Fsp3) is 0.467. The molecule has 2 aromatic rings. The molecule has 1 saturated heterocycles. The van der Waals surface area contributed by atoms with E-state index in [2.05, 4.69) is 48.3 Å². The number of hydrogen-bond acceptors (Lipinski definition) is 1. The van der Waals surface area contributed by atoms with Crippen LogP contribution in [0.1, 0.15) is 17.5 Å². The van der Waals surface area contributed by atoms with Gasteiger partial charge in [0.1, 0.15) is 0 Å². The van der Waals surface area contributed by atoms with Crippen LogP contribution in [-0.4, -0.2) is 17.7 Å². The van der Waals surface area contributed by atoms with Crippen LogP contribution in [0.5, 0.6) is 0 Å². The van der Waals surface area contributed by atoms with Gasteiger partial charge < -0.3 is 9.88 Å². The molecule has 0 bridgehead atoms. The van der Waals surface area contributed by atoms with Gasteiger partial charge in [0, 0.05) is 18.6 Å². The standard InChI is InChI=1S/C15H20N2/c1-11-7-13(8-12-3-5-16-10-12)9-14-4-6-17(2)15(11)14/h4,6-7,9,12,16H,3,5,8,10H2,1-2H3. The normalized spacial score (nSPS) is 20.2. The monoisotopic (exact) mass is 228 g/mol. The molecule has 2 heteroatoms. The van der Waals surface area contributed by atoms with Crippen LogP contribution in [0.25, 0.3) is 10.9 Å². The van der Waals surface area contributed by atoms with Crippen molar-refractivity contribution >= 4 is 10.9 Å². The summed E-state index contributed by atoms with van der Waals surface area (Å²) >= 11 is 0. The molecule has 3 rings (SSSR count).